The zero-order valence-electron chi connectivity index (χ0n) is 7.61. The number of aromatic nitrogens is 2. The summed E-state index contributed by atoms with van der Waals surface area (Å²) >= 11 is 0. The van der Waals surface area contributed by atoms with Gasteiger partial charge in [-0.25, -0.2) is 9.97 Å². The van der Waals surface area contributed by atoms with Gasteiger partial charge in [-0.3, -0.25) is 4.90 Å². The molecule has 0 unspecified atom stereocenters. The molecule has 1 aromatic heterocycles. The average molecular weight is 175 g/mol. The van der Waals surface area contributed by atoms with Crippen LogP contribution in [0.3, 0.4) is 0 Å². The van der Waals surface area contributed by atoms with Gasteiger partial charge in [0.25, 0.3) is 0 Å². The van der Waals surface area contributed by atoms with Gasteiger partial charge in [0.1, 0.15) is 6.33 Å². The van der Waals surface area contributed by atoms with Crippen LogP contribution in [-0.4, -0.2) is 28.0 Å². The molecular weight excluding hydrogens is 162 g/mol. The van der Waals surface area contributed by atoms with E-state index in [9.17, 15) is 0 Å². The normalized spacial score (nSPS) is 16.6. The molecular formula is C10H13N3. The molecule has 1 aliphatic heterocycles. The molecule has 0 N–H and O–H groups in total. The highest BCUT2D eigenvalue weighted by molar-refractivity contribution is 5.18. The molecule has 2 rings (SSSR count). The standard InChI is InChI=1S/C10H13N3/c1-2-4-13-5-3-10-9(7-13)6-11-8-12-10/h2,6,8H,1,3-5,7H2. The first kappa shape index (κ1) is 8.38. The molecule has 68 valence electrons. The van der Waals surface area contributed by atoms with Gasteiger partial charge in [0.15, 0.2) is 0 Å². The van der Waals surface area contributed by atoms with Crippen LogP contribution in [0, 0.1) is 0 Å². The van der Waals surface area contributed by atoms with E-state index in [0.717, 1.165) is 26.1 Å². The average Bonchev–Trinajstić information content (AvgIpc) is 2.18. The Hall–Kier alpha value is -1.22. The van der Waals surface area contributed by atoms with Crippen molar-refractivity contribution in [1.29, 1.82) is 0 Å². The first-order valence-electron chi connectivity index (χ1n) is 4.51. The summed E-state index contributed by atoms with van der Waals surface area (Å²) in [6.45, 7) is 6.73. The number of fused-ring (bicyclic) bond motifs is 1. The van der Waals surface area contributed by atoms with E-state index in [0.29, 0.717) is 0 Å². The van der Waals surface area contributed by atoms with E-state index in [1.807, 2.05) is 12.3 Å². The predicted molar refractivity (Wildman–Crippen MR) is 51.2 cm³/mol. The largest absolute Gasteiger partial charge is 0.295 e. The second-order valence-corrected chi connectivity index (χ2v) is 3.27. The molecule has 0 saturated heterocycles. The lowest BCUT2D eigenvalue weighted by Crippen LogP contribution is -2.31. The quantitative estimate of drug-likeness (QED) is 0.628. The maximum absolute atomic E-state index is 4.25. The fourth-order valence-corrected chi connectivity index (χ4v) is 1.66. The van der Waals surface area contributed by atoms with Crippen molar-refractivity contribution in [3.63, 3.8) is 0 Å². The molecule has 0 aliphatic carbocycles. The fraction of sp³-hybridized carbons (Fsp3) is 0.400. The minimum Gasteiger partial charge on any atom is -0.295 e. The molecule has 0 spiro atoms. The van der Waals surface area contributed by atoms with E-state index >= 15 is 0 Å². The highest BCUT2D eigenvalue weighted by Gasteiger charge is 2.15. The molecule has 0 saturated carbocycles. The van der Waals surface area contributed by atoms with E-state index in [-0.39, 0.29) is 0 Å². The number of hydrogen-bond acceptors (Lipinski definition) is 3. The second kappa shape index (κ2) is 3.66. The molecule has 1 aromatic rings. The lowest BCUT2D eigenvalue weighted by molar-refractivity contribution is 0.278. The van der Waals surface area contributed by atoms with Crippen LogP contribution in [0.5, 0.6) is 0 Å². The molecule has 0 bridgehead atoms. The summed E-state index contributed by atoms with van der Waals surface area (Å²) in [5, 5.41) is 0. The maximum atomic E-state index is 4.25. The third-order valence-electron chi connectivity index (χ3n) is 2.33. The SMILES string of the molecule is C=CCN1CCc2ncncc2C1. The molecule has 0 fully saturated rings. The summed E-state index contributed by atoms with van der Waals surface area (Å²) < 4.78 is 0. The summed E-state index contributed by atoms with van der Waals surface area (Å²) in [7, 11) is 0. The van der Waals surface area contributed by atoms with Crippen LogP contribution in [0.25, 0.3) is 0 Å². The van der Waals surface area contributed by atoms with Crippen molar-refractivity contribution >= 4 is 0 Å². The van der Waals surface area contributed by atoms with Crippen LogP contribution >= 0.6 is 0 Å². The Bertz CT molecular complexity index is 309. The molecule has 2 heterocycles. The van der Waals surface area contributed by atoms with Crippen molar-refractivity contribution in [3.05, 3.63) is 36.4 Å². The van der Waals surface area contributed by atoms with Gasteiger partial charge in [-0.05, 0) is 0 Å². The molecule has 0 aromatic carbocycles. The second-order valence-electron chi connectivity index (χ2n) is 3.27. The van der Waals surface area contributed by atoms with Gasteiger partial charge in [0.2, 0.25) is 0 Å². The van der Waals surface area contributed by atoms with Crippen molar-refractivity contribution in [1.82, 2.24) is 14.9 Å². The van der Waals surface area contributed by atoms with E-state index in [2.05, 4.69) is 21.4 Å². The lowest BCUT2D eigenvalue weighted by Gasteiger charge is -2.26. The summed E-state index contributed by atoms with van der Waals surface area (Å²) in [4.78, 5) is 10.6. The Labute approximate surface area is 78.1 Å². The zero-order valence-corrected chi connectivity index (χ0v) is 7.61. The minimum absolute atomic E-state index is 0.953. The van der Waals surface area contributed by atoms with E-state index in [1.54, 1.807) is 6.33 Å². The van der Waals surface area contributed by atoms with Gasteiger partial charge in [-0.15, -0.1) is 6.58 Å². The van der Waals surface area contributed by atoms with Crippen LogP contribution in [0.1, 0.15) is 11.3 Å². The van der Waals surface area contributed by atoms with Gasteiger partial charge in [0, 0.05) is 43.5 Å². The Balaban J connectivity index is 2.15. The third-order valence-corrected chi connectivity index (χ3v) is 2.33. The Morgan fingerprint density at radius 1 is 1.62 bits per heavy atom. The van der Waals surface area contributed by atoms with Crippen LogP contribution in [0.4, 0.5) is 0 Å². The molecule has 0 amide bonds. The van der Waals surface area contributed by atoms with Crippen LogP contribution in [0.15, 0.2) is 25.2 Å². The first-order chi connectivity index (χ1) is 6.40. The number of hydrogen-bond donors (Lipinski definition) is 0. The first-order valence-corrected chi connectivity index (χ1v) is 4.51. The third kappa shape index (κ3) is 1.75. The molecule has 1 aliphatic rings. The lowest BCUT2D eigenvalue weighted by atomic mass is 10.1. The number of nitrogens with zero attached hydrogens (tertiary/aromatic N) is 3. The molecule has 0 radical (unpaired) electrons. The fourth-order valence-electron chi connectivity index (χ4n) is 1.66. The van der Waals surface area contributed by atoms with E-state index in [1.165, 1.54) is 11.3 Å². The Morgan fingerprint density at radius 3 is 3.38 bits per heavy atom. The highest BCUT2D eigenvalue weighted by atomic mass is 15.1. The molecule has 0 atom stereocenters. The Kier molecular flexibility index (Phi) is 2.36. The van der Waals surface area contributed by atoms with Gasteiger partial charge >= 0.3 is 0 Å². The molecule has 13 heavy (non-hydrogen) atoms. The van der Waals surface area contributed by atoms with Gasteiger partial charge < -0.3 is 0 Å². The van der Waals surface area contributed by atoms with E-state index in [4.69, 9.17) is 0 Å². The summed E-state index contributed by atoms with van der Waals surface area (Å²) in [6, 6.07) is 0. The highest BCUT2D eigenvalue weighted by Crippen LogP contribution is 2.14. The van der Waals surface area contributed by atoms with Crippen LogP contribution < -0.4 is 0 Å². The van der Waals surface area contributed by atoms with Gasteiger partial charge in [-0.1, -0.05) is 6.08 Å². The van der Waals surface area contributed by atoms with Crippen molar-refractivity contribution in [2.24, 2.45) is 0 Å². The summed E-state index contributed by atoms with van der Waals surface area (Å²) in [5.41, 5.74) is 2.46. The van der Waals surface area contributed by atoms with Crippen LogP contribution in [-0.2, 0) is 13.0 Å². The van der Waals surface area contributed by atoms with Crippen molar-refractivity contribution in [2.45, 2.75) is 13.0 Å². The molecule has 3 nitrogen and oxygen atoms in total. The summed E-state index contributed by atoms with van der Waals surface area (Å²) in [5.74, 6) is 0. The van der Waals surface area contributed by atoms with Crippen LogP contribution in [0.2, 0.25) is 0 Å². The molecule has 3 heteroatoms. The van der Waals surface area contributed by atoms with Crippen molar-refractivity contribution in [2.75, 3.05) is 13.1 Å². The monoisotopic (exact) mass is 175 g/mol. The van der Waals surface area contributed by atoms with Crippen molar-refractivity contribution in [3.8, 4) is 0 Å². The smallest absolute Gasteiger partial charge is 0.115 e. The topological polar surface area (TPSA) is 29.0 Å². The van der Waals surface area contributed by atoms with Gasteiger partial charge in [0.05, 0.1) is 0 Å². The minimum atomic E-state index is 0.953. The zero-order chi connectivity index (χ0) is 9.10. The predicted octanol–water partition coefficient (Wildman–Crippen LogP) is 1.02. The number of rotatable bonds is 2. The summed E-state index contributed by atoms with van der Waals surface area (Å²) in [6.07, 6.45) is 6.51. The van der Waals surface area contributed by atoms with Crippen molar-refractivity contribution < 1.29 is 0 Å². The maximum Gasteiger partial charge on any atom is 0.115 e. The van der Waals surface area contributed by atoms with Gasteiger partial charge in [-0.2, -0.15) is 0 Å². The Morgan fingerprint density at radius 2 is 2.54 bits per heavy atom. The van der Waals surface area contributed by atoms with E-state index < -0.39 is 0 Å².